The predicted octanol–water partition coefficient (Wildman–Crippen LogP) is 2.67. The third kappa shape index (κ3) is 13.2. The quantitative estimate of drug-likeness (QED) is 0.0762. The molecule has 1 aromatic carbocycles. The molecular weight excluding hydrogens is 617 g/mol. The van der Waals surface area contributed by atoms with E-state index >= 15 is 0 Å². The molecule has 1 N–H and O–H groups in total. The van der Waals surface area contributed by atoms with Crippen molar-refractivity contribution in [2.45, 2.75) is 110 Å². The van der Waals surface area contributed by atoms with E-state index in [0.717, 1.165) is 30.8 Å². The second-order valence-electron chi connectivity index (χ2n) is 11.5. The van der Waals surface area contributed by atoms with Crippen molar-refractivity contribution >= 4 is 23.5 Å². The summed E-state index contributed by atoms with van der Waals surface area (Å²) in [6.45, 7) is 6.37. The van der Waals surface area contributed by atoms with E-state index in [9.17, 15) is 19.2 Å². The minimum atomic E-state index is -0.768. The minimum absolute atomic E-state index is 0. The molecule has 1 atom stereocenters. The van der Waals surface area contributed by atoms with Gasteiger partial charge < -0.3 is 33.8 Å². The van der Waals surface area contributed by atoms with E-state index in [1.165, 1.54) is 64.2 Å². The summed E-state index contributed by atoms with van der Waals surface area (Å²) in [6, 6.07) is 7.89. The molecule has 1 unspecified atom stereocenters. The summed E-state index contributed by atoms with van der Waals surface area (Å²) in [5.74, 6) is -1.28. The third-order valence-electron chi connectivity index (χ3n) is 7.87. The topological polar surface area (TPSA) is 83.6 Å². The van der Waals surface area contributed by atoms with Crippen molar-refractivity contribution < 1.29 is 47.6 Å². The number of hydrogen-bond acceptors (Lipinski definition) is 4. The van der Waals surface area contributed by atoms with Crippen molar-refractivity contribution in [2.75, 3.05) is 33.2 Å². The second-order valence-corrected chi connectivity index (χ2v) is 11.5. The van der Waals surface area contributed by atoms with E-state index in [1.54, 1.807) is 24.3 Å². The average Bonchev–Trinajstić information content (AvgIpc) is 2.92. The Kier molecular flexibility index (Phi) is 18.2. The number of likely N-dealkylation sites (tertiary alicyclic amines) is 1. The van der Waals surface area contributed by atoms with Gasteiger partial charge in [0.2, 0.25) is 5.91 Å². The Morgan fingerprint density at radius 3 is 1.93 bits per heavy atom. The van der Waals surface area contributed by atoms with Gasteiger partial charge in [0.1, 0.15) is 6.04 Å². The zero-order valence-corrected chi connectivity index (χ0v) is 27.3. The zero-order chi connectivity index (χ0) is 28.5. The molecule has 7 nitrogen and oxygen atoms in total. The molecule has 1 heterocycles. The maximum atomic E-state index is 13.2. The number of carbonyl (C=O) groups excluding carboxylic acids is 4. The van der Waals surface area contributed by atoms with E-state index in [1.807, 2.05) is 6.07 Å². The lowest BCUT2D eigenvalue weighted by Gasteiger charge is -2.35. The van der Waals surface area contributed by atoms with Crippen LogP contribution in [0, 0.1) is 0 Å². The lowest BCUT2D eigenvalue weighted by atomic mass is 10.0. The summed E-state index contributed by atoms with van der Waals surface area (Å²) in [5.41, 5.74) is 0.460. The number of benzene rings is 1. The number of carbonyl (C=O) groups is 4. The SMILES string of the molecule is CCCCCCCC[N+](C)(CCCCCCCC)CC(=O)NC1CCC(=O)N(CC(=O)c2ccccc2)C1=O.[I-]. The van der Waals surface area contributed by atoms with Crippen LogP contribution in [0.2, 0.25) is 0 Å². The van der Waals surface area contributed by atoms with Gasteiger partial charge in [0.15, 0.2) is 12.3 Å². The van der Waals surface area contributed by atoms with Gasteiger partial charge in [-0.2, -0.15) is 0 Å². The number of unbranched alkanes of at least 4 members (excludes halogenated alkanes) is 10. The largest absolute Gasteiger partial charge is 1.00 e. The molecule has 8 heteroatoms. The van der Waals surface area contributed by atoms with E-state index in [0.29, 0.717) is 16.6 Å². The highest BCUT2D eigenvalue weighted by Crippen LogP contribution is 2.17. The van der Waals surface area contributed by atoms with Crippen LogP contribution in [-0.2, 0) is 14.4 Å². The van der Waals surface area contributed by atoms with Crippen molar-refractivity contribution in [3.8, 4) is 0 Å². The Balaban J connectivity index is 0.00000800. The van der Waals surface area contributed by atoms with Gasteiger partial charge in [-0.25, -0.2) is 0 Å². The molecule has 226 valence electrons. The number of quaternary nitrogens is 1. The number of nitrogens with zero attached hydrogens (tertiary/aromatic N) is 2. The number of Topliss-reactive ketones (excluding diaryl/α,β-unsaturated/α-hetero) is 1. The summed E-state index contributed by atoms with van der Waals surface area (Å²) < 4.78 is 0.670. The van der Waals surface area contributed by atoms with Gasteiger partial charge >= 0.3 is 0 Å². The Hall–Kier alpha value is -1.81. The molecule has 1 aliphatic heterocycles. The van der Waals surface area contributed by atoms with Crippen molar-refractivity contribution in [1.29, 1.82) is 0 Å². The molecule has 1 fully saturated rings. The summed E-state index contributed by atoms with van der Waals surface area (Å²) in [7, 11) is 2.16. The van der Waals surface area contributed by atoms with Crippen LogP contribution < -0.4 is 29.3 Å². The molecule has 0 aliphatic carbocycles. The van der Waals surface area contributed by atoms with Crippen molar-refractivity contribution in [3.05, 3.63) is 35.9 Å². The average molecular weight is 670 g/mol. The first-order chi connectivity index (χ1) is 18.8. The second kappa shape index (κ2) is 20.1. The van der Waals surface area contributed by atoms with Crippen molar-refractivity contribution in [2.24, 2.45) is 0 Å². The highest BCUT2D eigenvalue weighted by Gasteiger charge is 2.37. The Morgan fingerprint density at radius 1 is 0.850 bits per heavy atom. The summed E-state index contributed by atoms with van der Waals surface area (Å²) >= 11 is 0. The number of nitrogens with one attached hydrogen (secondary N) is 1. The van der Waals surface area contributed by atoms with Crippen LogP contribution in [0.3, 0.4) is 0 Å². The molecule has 0 spiro atoms. The Bertz CT molecular complexity index is 893. The standard InChI is InChI=1S/C32H51N3O4.HI/c1-4-6-8-10-12-17-23-35(3,24-18-13-11-9-7-5-2)26-30(37)33-28-21-22-31(38)34(32(28)39)25-29(36)27-19-15-14-16-20-27;/h14-16,19-20,28H,4-13,17-18,21-26H2,1-3H3;1H. The fourth-order valence-electron chi connectivity index (χ4n) is 5.40. The lowest BCUT2D eigenvalue weighted by Crippen LogP contribution is -3.00. The highest BCUT2D eigenvalue weighted by atomic mass is 127. The molecule has 0 bridgehead atoms. The number of piperidine rings is 1. The van der Waals surface area contributed by atoms with Crippen LogP contribution in [0.1, 0.15) is 114 Å². The number of ketones is 1. The molecule has 1 saturated heterocycles. The van der Waals surface area contributed by atoms with Crippen LogP contribution >= 0.6 is 0 Å². The van der Waals surface area contributed by atoms with E-state index in [-0.39, 0.29) is 61.0 Å². The highest BCUT2D eigenvalue weighted by molar-refractivity contribution is 6.07. The number of rotatable bonds is 20. The summed E-state index contributed by atoms with van der Waals surface area (Å²) in [6.07, 6.45) is 15.0. The fourth-order valence-corrected chi connectivity index (χ4v) is 5.40. The minimum Gasteiger partial charge on any atom is -1.00 e. The van der Waals surface area contributed by atoms with Gasteiger partial charge in [0, 0.05) is 12.0 Å². The van der Waals surface area contributed by atoms with E-state index < -0.39 is 11.9 Å². The molecule has 0 radical (unpaired) electrons. The first-order valence-electron chi connectivity index (χ1n) is 15.3. The first-order valence-corrected chi connectivity index (χ1v) is 15.3. The first kappa shape index (κ1) is 36.2. The van der Waals surface area contributed by atoms with Crippen LogP contribution in [-0.4, -0.2) is 72.2 Å². The van der Waals surface area contributed by atoms with Gasteiger partial charge in [0.25, 0.3) is 11.8 Å². The molecule has 0 aromatic heterocycles. The molecule has 0 saturated carbocycles. The predicted molar refractivity (Wildman–Crippen MR) is 156 cm³/mol. The maximum absolute atomic E-state index is 13.2. The van der Waals surface area contributed by atoms with Crippen LogP contribution in [0.4, 0.5) is 0 Å². The summed E-state index contributed by atoms with van der Waals surface area (Å²) in [4.78, 5) is 52.5. The molecule has 3 amide bonds. The number of imide groups is 1. The van der Waals surface area contributed by atoms with E-state index in [2.05, 4.69) is 26.2 Å². The van der Waals surface area contributed by atoms with Crippen molar-refractivity contribution in [1.82, 2.24) is 10.2 Å². The molecule has 1 aliphatic rings. The fraction of sp³-hybridized carbons (Fsp3) is 0.688. The molecular formula is C32H52IN3O4. The third-order valence-corrected chi connectivity index (χ3v) is 7.87. The number of halogens is 1. The maximum Gasteiger partial charge on any atom is 0.275 e. The molecule has 40 heavy (non-hydrogen) atoms. The molecule has 2 rings (SSSR count). The lowest BCUT2D eigenvalue weighted by molar-refractivity contribution is -0.902. The van der Waals surface area contributed by atoms with Gasteiger partial charge in [-0.15, -0.1) is 0 Å². The Morgan fingerprint density at radius 2 is 1.38 bits per heavy atom. The normalized spacial score (nSPS) is 15.6. The van der Waals surface area contributed by atoms with Crippen LogP contribution in [0.5, 0.6) is 0 Å². The number of hydrogen-bond donors (Lipinski definition) is 1. The number of amides is 3. The van der Waals surface area contributed by atoms with Crippen LogP contribution in [0.15, 0.2) is 30.3 Å². The molecule has 1 aromatic rings. The Labute approximate surface area is 259 Å². The van der Waals surface area contributed by atoms with Gasteiger partial charge in [0.05, 0.1) is 26.7 Å². The summed E-state index contributed by atoms with van der Waals surface area (Å²) in [5, 5.41) is 2.92. The van der Waals surface area contributed by atoms with E-state index in [4.69, 9.17) is 0 Å². The van der Waals surface area contributed by atoms with Gasteiger partial charge in [-0.3, -0.25) is 24.1 Å². The van der Waals surface area contributed by atoms with Gasteiger partial charge in [-0.05, 0) is 32.1 Å². The number of likely N-dealkylation sites (N-methyl/N-ethyl adjacent to an activating group) is 1. The monoisotopic (exact) mass is 669 g/mol. The van der Waals surface area contributed by atoms with Crippen molar-refractivity contribution in [3.63, 3.8) is 0 Å². The van der Waals surface area contributed by atoms with Crippen LogP contribution in [0.25, 0.3) is 0 Å². The van der Waals surface area contributed by atoms with Gasteiger partial charge in [-0.1, -0.05) is 95.5 Å². The zero-order valence-electron chi connectivity index (χ0n) is 25.1. The smallest absolute Gasteiger partial charge is 0.275 e.